The van der Waals surface area contributed by atoms with Crippen molar-refractivity contribution < 1.29 is 31.7 Å². The van der Waals surface area contributed by atoms with E-state index in [2.05, 4.69) is 0 Å². The van der Waals surface area contributed by atoms with Crippen LogP contribution in [0.25, 0.3) is 0 Å². The van der Waals surface area contributed by atoms with Crippen molar-refractivity contribution in [3.63, 3.8) is 0 Å². The molecule has 0 aromatic heterocycles. The lowest BCUT2D eigenvalue weighted by molar-refractivity contribution is -0.137. The summed E-state index contributed by atoms with van der Waals surface area (Å²) in [5, 5.41) is 9.21. The van der Waals surface area contributed by atoms with E-state index in [1.165, 1.54) is 59.6 Å². The van der Waals surface area contributed by atoms with Crippen LogP contribution in [-0.4, -0.2) is 19.5 Å². The molecule has 186 valence electrons. The summed E-state index contributed by atoms with van der Waals surface area (Å²) in [5.74, 6) is -2.26. The zero-order valence-corrected chi connectivity index (χ0v) is 20.1. The number of hydrogen-bond donors (Lipinski definition) is 3. The first-order valence-corrected chi connectivity index (χ1v) is 12.4. The molecule has 0 unspecified atom stereocenters. The molecule has 0 heterocycles. The second-order valence-electron chi connectivity index (χ2n) is 7.90. The predicted octanol–water partition coefficient (Wildman–Crippen LogP) is 6.46. The van der Waals surface area contributed by atoms with Gasteiger partial charge in [-0.2, -0.15) is 0 Å². The highest BCUT2D eigenvalue weighted by Gasteiger charge is 2.28. The summed E-state index contributed by atoms with van der Waals surface area (Å²) in [6.45, 7) is 1.63. The number of carboxylic acid groups (broad SMARTS) is 1. The van der Waals surface area contributed by atoms with Crippen molar-refractivity contribution in [2.75, 3.05) is 11.1 Å². The molecule has 3 N–H and O–H groups in total. The molecule has 3 rings (SSSR count). The van der Waals surface area contributed by atoms with E-state index in [-0.39, 0.29) is 35.4 Å². The molecule has 0 saturated carbocycles. The Kier molecular flexibility index (Phi) is 8.29. The summed E-state index contributed by atoms with van der Waals surface area (Å²) in [6, 6.07) is 11.3. The first-order chi connectivity index (χ1) is 16.6. The maximum atomic E-state index is 14.1. The summed E-state index contributed by atoms with van der Waals surface area (Å²) in [5.41, 5.74) is 3.30. The van der Waals surface area contributed by atoms with E-state index in [4.69, 9.17) is 16.7 Å². The highest BCUT2D eigenvalue weighted by molar-refractivity contribution is 7.91. The third kappa shape index (κ3) is 5.88. The Labute approximate surface area is 205 Å². The first-order valence-electron chi connectivity index (χ1n) is 10.5. The molecule has 6 nitrogen and oxygen atoms in total. The number of hydrogen-bond acceptors (Lipinski definition) is 5. The lowest BCUT2D eigenvalue weighted by atomic mass is 9.87. The van der Waals surface area contributed by atoms with Gasteiger partial charge >= 0.3 is 5.97 Å². The maximum Gasteiger partial charge on any atom is 0.303 e. The van der Waals surface area contributed by atoms with Crippen LogP contribution in [0.2, 0.25) is 5.02 Å². The largest absolute Gasteiger partial charge is 0.481 e. The van der Waals surface area contributed by atoms with Crippen LogP contribution in [0.3, 0.4) is 0 Å². The van der Waals surface area contributed by atoms with Crippen LogP contribution in [0, 0.1) is 5.82 Å². The molecule has 0 spiro atoms. The highest BCUT2D eigenvalue weighted by atomic mass is 35.5. The number of anilines is 2. The molecule has 0 aliphatic carbocycles. The van der Waals surface area contributed by atoms with Gasteiger partial charge in [-0.1, -0.05) is 24.6 Å². The number of aryl methyl sites for hydroxylation is 1. The molecule has 0 fully saturated rings. The van der Waals surface area contributed by atoms with Crippen molar-refractivity contribution in [1.82, 2.24) is 0 Å². The van der Waals surface area contributed by atoms with E-state index in [0.29, 0.717) is 16.1 Å². The number of rotatable bonds is 10. The minimum absolute atomic E-state index is 0.0915. The highest BCUT2D eigenvalue weighted by Crippen LogP contribution is 2.40. The fourth-order valence-corrected chi connectivity index (χ4v) is 5.48. The Morgan fingerprint density at radius 1 is 1.03 bits per heavy atom. The summed E-state index contributed by atoms with van der Waals surface area (Å²) < 4.78 is 68.3. The Bertz CT molecular complexity index is 1340. The molecular formula is C24H22ClF3N2O4S. The van der Waals surface area contributed by atoms with Gasteiger partial charge in [0.05, 0.1) is 21.2 Å². The number of aliphatic carboxylic acids is 1. The van der Waals surface area contributed by atoms with E-state index in [9.17, 15) is 26.6 Å². The summed E-state index contributed by atoms with van der Waals surface area (Å²) in [7, 11) is -4.30. The second kappa shape index (κ2) is 11.0. The maximum absolute atomic E-state index is 14.1. The van der Waals surface area contributed by atoms with E-state index in [1.54, 1.807) is 6.92 Å². The Morgan fingerprint density at radius 3 is 2.31 bits per heavy atom. The van der Waals surface area contributed by atoms with E-state index in [0.717, 1.165) is 6.07 Å². The molecular weight excluding hydrogens is 505 g/mol. The summed E-state index contributed by atoms with van der Waals surface area (Å²) in [4.78, 5) is 10.2. The molecule has 3 aromatic carbocycles. The van der Waals surface area contributed by atoms with Crippen LogP contribution in [0.1, 0.15) is 42.4 Å². The van der Waals surface area contributed by atoms with Gasteiger partial charge in [-0.05, 0) is 78.1 Å². The molecule has 0 saturated heterocycles. The molecule has 35 heavy (non-hydrogen) atoms. The standard InChI is InChI=1S/C24H22ClF3N2O4S/c1-14(20-10-7-17(26)11-15(20)3-2-4-23(31)32)21-12-18(29-27)13-22(24(21)30-28)35(33,34)19-8-5-16(25)6-9-19/h5-14,29-30H,2-4H2,1H3,(H,31,32)/t14-/m1/s1. The summed E-state index contributed by atoms with van der Waals surface area (Å²) >= 11 is 5.84. The monoisotopic (exact) mass is 526 g/mol. The zero-order chi connectivity index (χ0) is 25.8. The summed E-state index contributed by atoms with van der Waals surface area (Å²) in [6.07, 6.45) is 0.320. The van der Waals surface area contributed by atoms with Gasteiger partial charge in [0, 0.05) is 17.4 Å². The molecule has 11 heteroatoms. The second-order valence-corrected chi connectivity index (χ2v) is 10.3. The van der Waals surface area contributed by atoms with Crippen LogP contribution < -0.4 is 11.1 Å². The topological polar surface area (TPSA) is 95.5 Å². The fourth-order valence-electron chi connectivity index (χ4n) is 3.90. The molecule has 3 aromatic rings. The van der Waals surface area contributed by atoms with Crippen molar-refractivity contribution in [2.45, 2.75) is 41.9 Å². The van der Waals surface area contributed by atoms with Crippen LogP contribution in [0.4, 0.5) is 24.7 Å². The Morgan fingerprint density at radius 2 is 1.71 bits per heavy atom. The van der Waals surface area contributed by atoms with E-state index < -0.39 is 38.1 Å². The quantitative estimate of drug-likeness (QED) is 0.262. The minimum Gasteiger partial charge on any atom is -0.481 e. The smallest absolute Gasteiger partial charge is 0.303 e. The van der Waals surface area contributed by atoms with Crippen LogP contribution in [0.5, 0.6) is 0 Å². The van der Waals surface area contributed by atoms with Crippen molar-refractivity contribution in [3.05, 3.63) is 82.1 Å². The van der Waals surface area contributed by atoms with Gasteiger partial charge in [-0.25, -0.2) is 23.9 Å². The average Bonchev–Trinajstić information content (AvgIpc) is 2.83. The zero-order valence-electron chi connectivity index (χ0n) is 18.5. The number of carboxylic acids is 1. The predicted molar refractivity (Wildman–Crippen MR) is 127 cm³/mol. The molecule has 0 radical (unpaired) electrons. The SMILES string of the molecule is C[C@H](c1ccc(F)cc1CCCC(=O)O)c1cc(NF)cc(S(=O)(=O)c2ccc(Cl)cc2)c1NF. The molecule has 1 atom stereocenters. The van der Waals surface area contributed by atoms with E-state index >= 15 is 0 Å². The lowest BCUT2D eigenvalue weighted by Crippen LogP contribution is -2.11. The molecule has 0 aliphatic heterocycles. The third-order valence-electron chi connectivity index (χ3n) is 5.62. The van der Waals surface area contributed by atoms with Crippen molar-refractivity contribution in [2.24, 2.45) is 0 Å². The van der Waals surface area contributed by atoms with Gasteiger partial charge in [0.2, 0.25) is 9.84 Å². The number of halogens is 4. The van der Waals surface area contributed by atoms with Gasteiger partial charge in [0.15, 0.2) is 0 Å². The van der Waals surface area contributed by atoms with Gasteiger partial charge in [-0.15, -0.1) is 8.96 Å². The van der Waals surface area contributed by atoms with Gasteiger partial charge in [-0.3, -0.25) is 4.79 Å². The number of benzene rings is 3. The van der Waals surface area contributed by atoms with Gasteiger partial charge < -0.3 is 5.11 Å². The fraction of sp³-hybridized carbons (Fsp3) is 0.208. The van der Waals surface area contributed by atoms with Crippen molar-refractivity contribution in [3.8, 4) is 0 Å². The number of nitrogens with one attached hydrogen (secondary N) is 2. The van der Waals surface area contributed by atoms with Crippen LogP contribution in [0.15, 0.2) is 64.4 Å². The minimum atomic E-state index is -4.30. The average molecular weight is 527 g/mol. The lowest BCUT2D eigenvalue weighted by Gasteiger charge is -2.22. The van der Waals surface area contributed by atoms with Crippen LogP contribution >= 0.6 is 11.6 Å². The van der Waals surface area contributed by atoms with Crippen molar-refractivity contribution in [1.29, 1.82) is 0 Å². The molecule has 0 amide bonds. The number of carbonyl (C=O) groups is 1. The third-order valence-corrected chi connectivity index (χ3v) is 7.67. The van der Waals surface area contributed by atoms with Crippen molar-refractivity contribution >= 4 is 38.8 Å². The van der Waals surface area contributed by atoms with Crippen LogP contribution in [-0.2, 0) is 21.1 Å². The first kappa shape index (κ1) is 26.4. The van der Waals surface area contributed by atoms with Gasteiger partial charge in [0.25, 0.3) is 0 Å². The molecule has 0 bridgehead atoms. The van der Waals surface area contributed by atoms with E-state index in [1.807, 2.05) is 0 Å². The Hall–Kier alpha value is -3.24. The van der Waals surface area contributed by atoms with Gasteiger partial charge in [0.1, 0.15) is 5.82 Å². The number of sulfone groups is 1. The normalized spacial score (nSPS) is 12.3. The molecule has 0 aliphatic rings. The Balaban J connectivity index is 2.16.